The molecule has 1 rings (SSSR count). The second-order valence-electron chi connectivity index (χ2n) is 4.31. The second-order valence-corrected chi connectivity index (χ2v) is 6.58. The van der Waals surface area contributed by atoms with Crippen molar-refractivity contribution in [3.05, 3.63) is 35.9 Å². The predicted octanol–water partition coefficient (Wildman–Crippen LogP) is 3.04. The topological polar surface area (TPSA) is 61.8 Å². The van der Waals surface area contributed by atoms with E-state index in [1.165, 1.54) is 14.2 Å². The van der Waals surface area contributed by atoms with Crippen LogP contribution in [-0.2, 0) is 29.8 Å². The SMILES string of the molecule is COP(=O)(CC(=O)CCCOCc1ccccc1)OC. The lowest BCUT2D eigenvalue weighted by Gasteiger charge is -2.12. The van der Waals surface area contributed by atoms with Gasteiger partial charge >= 0.3 is 7.60 Å². The average Bonchev–Trinajstić information content (AvgIpc) is 2.48. The van der Waals surface area contributed by atoms with E-state index in [9.17, 15) is 9.36 Å². The molecular formula is C14H21O5P. The van der Waals surface area contributed by atoms with Gasteiger partial charge in [0.2, 0.25) is 0 Å². The van der Waals surface area contributed by atoms with Gasteiger partial charge < -0.3 is 13.8 Å². The van der Waals surface area contributed by atoms with Crippen molar-refractivity contribution in [1.29, 1.82) is 0 Å². The van der Waals surface area contributed by atoms with Crippen molar-refractivity contribution in [1.82, 2.24) is 0 Å². The first-order valence-corrected chi connectivity index (χ1v) is 8.16. The maximum atomic E-state index is 11.7. The summed E-state index contributed by atoms with van der Waals surface area (Å²) >= 11 is 0. The standard InChI is InChI=1S/C14H21O5P/c1-17-20(16,18-2)12-14(15)9-6-10-19-11-13-7-4-3-5-8-13/h3-5,7-8H,6,9-12H2,1-2H3. The Labute approximate surface area is 119 Å². The molecule has 0 unspecified atom stereocenters. The van der Waals surface area contributed by atoms with E-state index in [0.29, 0.717) is 26.1 Å². The zero-order valence-electron chi connectivity index (χ0n) is 11.9. The molecule has 0 radical (unpaired) electrons. The molecular weight excluding hydrogens is 279 g/mol. The Bertz CT molecular complexity index is 438. The van der Waals surface area contributed by atoms with Crippen LogP contribution in [-0.4, -0.2) is 32.8 Å². The lowest BCUT2D eigenvalue weighted by atomic mass is 10.2. The molecule has 0 amide bonds. The highest BCUT2D eigenvalue weighted by Crippen LogP contribution is 2.46. The number of hydrogen-bond acceptors (Lipinski definition) is 5. The van der Waals surface area contributed by atoms with Crippen molar-refractivity contribution in [3.63, 3.8) is 0 Å². The highest BCUT2D eigenvalue weighted by Gasteiger charge is 2.24. The van der Waals surface area contributed by atoms with Gasteiger partial charge in [0.1, 0.15) is 11.9 Å². The number of rotatable bonds is 10. The van der Waals surface area contributed by atoms with Gasteiger partial charge in [-0.3, -0.25) is 9.36 Å². The van der Waals surface area contributed by atoms with Crippen LogP contribution in [0.15, 0.2) is 30.3 Å². The Kier molecular flexibility index (Phi) is 7.70. The first-order valence-electron chi connectivity index (χ1n) is 6.43. The van der Waals surface area contributed by atoms with E-state index in [1.54, 1.807) is 0 Å². The molecule has 112 valence electrons. The van der Waals surface area contributed by atoms with Crippen LogP contribution >= 0.6 is 7.60 Å². The van der Waals surface area contributed by atoms with Gasteiger partial charge in [-0.15, -0.1) is 0 Å². The number of benzene rings is 1. The van der Waals surface area contributed by atoms with Crippen LogP contribution in [0.5, 0.6) is 0 Å². The van der Waals surface area contributed by atoms with Crippen LogP contribution in [0.2, 0.25) is 0 Å². The average molecular weight is 300 g/mol. The van der Waals surface area contributed by atoms with Gasteiger partial charge in [0.15, 0.2) is 0 Å². The summed E-state index contributed by atoms with van der Waals surface area (Å²) in [7, 11) is -0.674. The second kappa shape index (κ2) is 9.03. The van der Waals surface area contributed by atoms with Crippen molar-refractivity contribution < 1.29 is 23.1 Å². The molecule has 1 aromatic carbocycles. The molecule has 0 aliphatic carbocycles. The normalized spacial score (nSPS) is 11.5. The zero-order valence-corrected chi connectivity index (χ0v) is 12.8. The van der Waals surface area contributed by atoms with E-state index in [0.717, 1.165) is 5.56 Å². The summed E-state index contributed by atoms with van der Waals surface area (Å²) in [6.07, 6.45) is 0.725. The summed E-state index contributed by atoms with van der Waals surface area (Å²) in [5.74, 6) is -0.139. The summed E-state index contributed by atoms with van der Waals surface area (Å²) < 4.78 is 26.7. The first-order chi connectivity index (χ1) is 9.59. The van der Waals surface area contributed by atoms with Gasteiger partial charge in [-0.2, -0.15) is 0 Å². The minimum Gasteiger partial charge on any atom is -0.377 e. The molecule has 0 saturated heterocycles. The monoisotopic (exact) mass is 300 g/mol. The minimum atomic E-state index is -3.23. The largest absolute Gasteiger partial charge is 0.377 e. The molecule has 5 nitrogen and oxygen atoms in total. The van der Waals surface area contributed by atoms with Gasteiger partial charge in [-0.1, -0.05) is 30.3 Å². The third kappa shape index (κ3) is 6.44. The lowest BCUT2D eigenvalue weighted by Crippen LogP contribution is -2.09. The number of ketones is 1. The zero-order chi connectivity index (χ0) is 14.8. The van der Waals surface area contributed by atoms with E-state index < -0.39 is 7.60 Å². The smallest absolute Gasteiger partial charge is 0.337 e. The highest BCUT2D eigenvalue weighted by molar-refractivity contribution is 7.54. The van der Waals surface area contributed by atoms with E-state index in [-0.39, 0.29) is 11.9 Å². The van der Waals surface area contributed by atoms with Crippen LogP contribution in [0.25, 0.3) is 0 Å². The number of carbonyl (C=O) groups is 1. The molecule has 0 aliphatic rings. The van der Waals surface area contributed by atoms with Gasteiger partial charge in [-0.05, 0) is 12.0 Å². The van der Waals surface area contributed by atoms with Gasteiger partial charge in [0.25, 0.3) is 0 Å². The molecule has 6 heteroatoms. The quantitative estimate of drug-likeness (QED) is 0.491. The van der Waals surface area contributed by atoms with E-state index >= 15 is 0 Å². The molecule has 0 aromatic heterocycles. The maximum absolute atomic E-state index is 11.7. The third-order valence-electron chi connectivity index (χ3n) is 2.78. The van der Waals surface area contributed by atoms with Gasteiger partial charge in [-0.25, -0.2) is 0 Å². The van der Waals surface area contributed by atoms with Crippen molar-refractivity contribution in [2.75, 3.05) is 27.0 Å². The van der Waals surface area contributed by atoms with E-state index in [4.69, 9.17) is 13.8 Å². The Hall–Kier alpha value is -1.00. The molecule has 1 aromatic rings. The third-order valence-corrected chi connectivity index (χ3v) is 4.63. The van der Waals surface area contributed by atoms with Crippen molar-refractivity contribution in [3.8, 4) is 0 Å². The molecule has 0 saturated carbocycles. The van der Waals surface area contributed by atoms with Crippen molar-refractivity contribution in [2.45, 2.75) is 19.4 Å². The molecule has 0 aliphatic heterocycles. The molecule has 0 heterocycles. The van der Waals surface area contributed by atoms with Gasteiger partial charge in [0.05, 0.1) is 6.61 Å². The summed E-state index contributed by atoms with van der Waals surface area (Å²) in [6.45, 7) is 1.02. The van der Waals surface area contributed by atoms with Gasteiger partial charge in [0, 0.05) is 27.2 Å². The summed E-state index contributed by atoms with van der Waals surface area (Å²) in [6, 6.07) is 9.83. The highest BCUT2D eigenvalue weighted by atomic mass is 31.2. The number of carbonyl (C=O) groups excluding carboxylic acids is 1. The Balaban J connectivity index is 2.15. The molecule has 0 bridgehead atoms. The molecule has 20 heavy (non-hydrogen) atoms. The van der Waals surface area contributed by atoms with Crippen LogP contribution < -0.4 is 0 Å². The Morgan fingerprint density at radius 3 is 2.40 bits per heavy atom. The van der Waals surface area contributed by atoms with E-state index in [2.05, 4.69) is 0 Å². The molecule has 0 atom stereocenters. The maximum Gasteiger partial charge on any atom is 0.337 e. The summed E-state index contributed by atoms with van der Waals surface area (Å²) in [4.78, 5) is 11.6. The Morgan fingerprint density at radius 1 is 1.15 bits per heavy atom. The number of hydrogen-bond donors (Lipinski definition) is 0. The minimum absolute atomic E-state index is 0.139. The molecule has 0 fully saturated rings. The number of ether oxygens (including phenoxy) is 1. The fourth-order valence-electron chi connectivity index (χ4n) is 1.63. The summed E-state index contributed by atoms with van der Waals surface area (Å²) in [5.41, 5.74) is 1.10. The molecule has 0 spiro atoms. The van der Waals surface area contributed by atoms with Crippen molar-refractivity contribution >= 4 is 13.4 Å². The fraction of sp³-hybridized carbons (Fsp3) is 0.500. The predicted molar refractivity (Wildman–Crippen MR) is 76.8 cm³/mol. The first kappa shape index (κ1) is 17.1. The summed E-state index contributed by atoms with van der Waals surface area (Å²) in [5, 5.41) is 0. The fourth-order valence-corrected chi connectivity index (χ4v) is 2.63. The Morgan fingerprint density at radius 2 is 1.80 bits per heavy atom. The molecule has 0 N–H and O–H groups in total. The van der Waals surface area contributed by atoms with E-state index in [1.807, 2.05) is 30.3 Å². The van der Waals surface area contributed by atoms with Crippen molar-refractivity contribution in [2.24, 2.45) is 0 Å². The van der Waals surface area contributed by atoms with Crippen LogP contribution in [0.1, 0.15) is 18.4 Å². The number of Topliss-reactive ketones (excluding diaryl/α,β-unsaturated/α-hetero) is 1. The lowest BCUT2D eigenvalue weighted by molar-refractivity contribution is -0.117. The van der Waals surface area contributed by atoms with Crippen LogP contribution in [0.4, 0.5) is 0 Å². The van der Waals surface area contributed by atoms with Crippen LogP contribution in [0, 0.1) is 0 Å². The van der Waals surface area contributed by atoms with Crippen LogP contribution in [0.3, 0.4) is 0 Å².